The van der Waals surface area contributed by atoms with Gasteiger partial charge in [0.05, 0.1) is 6.10 Å². The van der Waals surface area contributed by atoms with Gasteiger partial charge in [0.25, 0.3) is 0 Å². The van der Waals surface area contributed by atoms with Crippen molar-refractivity contribution < 1.29 is 19.5 Å². The lowest BCUT2D eigenvalue weighted by Crippen LogP contribution is -2.38. The van der Waals surface area contributed by atoms with E-state index in [1.165, 1.54) is 0 Å². The molecule has 7 nitrogen and oxygen atoms in total. The average Bonchev–Trinajstić information content (AvgIpc) is 2.87. The molecule has 0 aromatic heterocycles. The van der Waals surface area contributed by atoms with Crippen LogP contribution in [0.25, 0.3) is 10.8 Å². The summed E-state index contributed by atoms with van der Waals surface area (Å²) in [6.07, 6.45) is 1.27. The lowest BCUT2D eigenvalue weighted by Gasteiger charge is -2.31. The van der Waals surface area contributed by atoms with Crippen molar-refractivity contribution in [2.24, 2.45) is 5.92 Å². The highest BCUT2D eigenvalue weighted by Crippen LogP contribution is 2.31. The summed E-state index contributed by atoms with van der Waals surface area (Å²) < 4.78 is 0. The Morgan fingerprint density at radius 3 is 2.57 bits per heavy atom. The monoisotopic (exact) mass is 473 g/mol. The summed E-state index contributed by atoms with van der Waals surface area (Å²) in [4.78, 5) is 39.2. The minimum atomic E-state index is -0.790. The molecule has 3 amide bonds. The maximum atomic E-state index is 12.6. The Morgan fingerprint density at radius 1 is 1.00 bits per heavy atom. The molecule has 0 saturated carbocycles. The summed E-state index contributed by atoms with van der Waals surface area (Å²) in [7, 11) is 0. The molecule has 35 heavy (non-hydrogen) atoms. The predicted molar refractivity (Wildman–Crippen MR) is 137 cm³/mol. The number of rotatable bonds is 6. The Morgan fingerprint density at radius 2 is 1.77 bits per heavy atom. The summed E-state index contributed by atoms with van der Waals surface area (Å²) >= 11 is 0. The van der Waals surface area contributed by atoms with E-state index in [4.69, 9.17) is 0 Å². The standard InChI is InChI=1S/C28H31N3O4/c1-18(2)28(35)31-16-6-9-20-12-13-21(17-24(20)31)30-27(34)26(33)29-15-14-25(32)23-11-5-8-19-7-3-4-10-22(19)23/h3-5,7-8,10-13,17-18,25,32H,6,9,14-16H2,1-2H3,(H,29,33)(H,30,34). The van der Waals surface area contributed by atoms with Crippen LogP contribution in [0, 0.1) is 5.92 Å². The zero-order valence-electron chi connectivity index (χ0n) is 20.1. The van der Waals surface area contributed by atoms with Gasteiger partial charge in [-0.15, -0.1) is 0 Å². The number of carbonyl (C=O) groups excluding carboxylic acids is 3. The highest BCUT2D eigenvalue weighted by Gasteiger charge is 2.25. The lowest BCUT2D eigenvalue weighted by molar-refractivity contribution is -0.136. The number of hydrogen-bond acceptors (Lipinski definition) is 4. The summed E-state index contributed by atoms with van der Waals surface area (Å²) in [6.45, 7) is 4.52. The first kappa shape index (κ1) is 24.4. The van der Waals surface area contributed by atoms with Crippen LogP contribution in [-0.2, 0) is 20.8 Å². The number of fused-ring (bicyclic) bond motifs is 2. The Bertz CT molecular complexity index is 1250. The molecule has 7 heteroatoms. The van der Waals surface area contributed by atoms with Crippen molar-refractivity contribution in [1.29, 1.82) is 0 Å². The molecular formula is C28H31N3O4. The molecule has 3 aromatic carbocycles. The van der Waals surface area contributed by atoms with Crippen LogP contribution in [0.5, 0.6) is 0 Å². The summed E-state index contributed by atoms with van der Waals surface area (Å²) in [5.41, 5.74) is 3.08. The van der Waals surface area contributed by atoms with E-state index in [9.17, 15) is 19.5 Å². The van der Waals surface area contributed by atoms with Crippen LogP contribution in [0.2, 0.25) is 0 Å². The average molecular weight is 474 g/mol. The van der Waals surface area contributed by atoms with Gasteiger partial charge in [-0.2, -0.15) is 0 Å². The Hall–Kier alpha value is -3.71. The summed E-state index contributed by atoms with van der Waals surface area (Å²) in [6, 6.07) is 18.9. The van der Waals surface area contributed by atoms with Crippen LogP contribution < -0.4 is 15.5 Å². The molecule has 1 heterocycles. The fourth-order valence-electron chi connectivity index (χ4n) is 4.48. The van der Waals surface area contributed by atoms with E-state index in [0.717, 1.165) is 40.4 Å². The Labute approximate surface area is 205 Å². The van der Waals surface area contributed by atoms with E-state index in [-0.39, 0.29) is 24.8 Å². The lowest BCUT2D eigenvalue weighted by atomic mass is 9.99. The van der Waals surface area contributed by atoms with Crippen molar-refractivity contribution in [3.05, 3.63) is 71.8 Å². The number of hydrogen-bond donors (Lipinski definition) is 3. The maximum Gasteiger partial charge on any atom is 0.313 e. The fraction of sp³-hybridized carbons (Fsp3) is 0.321. The summed E-state index contributed by atoms with van der Waals surface area (Å²) in [5.74, 6) is -1.66. The highest BCUT2D eigenvalue weighted by molar-refractivity contribution is 6.39. The van der Waals surface area contributed by atoms with E-state index in [1.54, 1.807) is 17.0 Å². The Kier molecular flexibility index (Phi) is 7.46. The van der Waals surface area contributed by atoms with Crippen LogP contribution in [-0.4, -0.2) is 35.9 Å². The van der Waals surface area contributed by atoms with Gasteiger partial charge in [-0.3, -0.25) is 14.4 Å². The van der Waals surface area contributed by atoms with Crippen molar-refractivity contribution >= 4 is 39.9 Å². The van der Waals surface area contributed by atoms with E-state index >= 15 is 0 Å². The zero-order chi connectivity index (χ0) is 24.9. The van der Waals surface area contributed by atoms with Crippen LogP contribution in [0.3, 0.4) is 0 Å². The number of aliphatic hydroxyl groups is 1. The highest BCUT2D eigenvalue weighted by atomic mass is 16.3. The molecule has 0 radical (unpaired) electrons. The third kappa shape index (κ3) is 5.52. The van der Waals surface area contributed by atoms with Crippen molar-refractivity contribution in [2.75, 3.05) is 23.3 Å². The minimum Gasteiger partial charge on any atom is -0.388 e. The molecule has 3 N–H and O–H groups in total. The number of anilines is 2. The molecule has 0 fully saturated rings. The van der Waals surface area contributed by atoms with Crippen molar-refractivity contribution in [3.63, 3.8) is 0 Å². The molecule has 1 aliphatic heterocycles. The van der Waals surface area contributed by atoms with Crippen LogP contribution in [0.1, 0.15) is 43.9 Å². The second-order valence-electron chi connectivity index (χ2n) is 9.17. The van der Waals surface area contributed by atoms with Gasteiger partial charge >= 0.3 is 11.8 Å². The molecule has 3 aromatic rings. The molecule has 1 unspecified atom stereocenters. The SMILES string of the molecule is CC(C)C(=O)N1CCCc2ccc(NC(=O)C(=O)NCCC(O)c3cccc4ccccc34)cc21. The number of aryl methyl sites for hydroxylation is 1. The molecule has 0 spiro atoms. The normalized spacial score (nSPS) is 13.9. The minimum absolute atomic E-state index is 0.0388. The van der Waals surface area contributed by atoms with Gasteiger partial charge in [-0.25, -0.2) is 0 Å². The van der Waals surface area contributed by atoms with Crippen LogP contribution in [0.4, 0.5) is 11.4 Å². The van der Waals surface area contributed by atoms with Gasteiger partial charge in [0.2, 0.25) is 5.91 Å². The number of aliphatic hydroxyl groups excluding tert-OH is 1. The zero-order valence-corrected chi connectivity index (χ0v) is 20.1. The van der Waals surface area contributed by atoms with E-state index in [1.807, 2.05) is 62.4 Å². The summed E-state index contributed by atoms with van der Waals surface area (Å²) in [5, 5.41) is 17.8. The largest absolute Gasteiger partial charge is 0.388 e. The topological polar surface area (TPSA) is 98.7 Å². The quantitative estimate of drug-likeness (QED) is 0.472. The smallest absolute Gasteiger partial charge is 0.313 e. The maximum absolute atomic E-state index is 12.6. The van der Waals surface area contributed by atoms with Gasteiger partial charge in [0.1, 0.15) is 0 Å². The molecule has 1 atom stereocenters. The predicted octanol–water partition coefficient (Wildman–Crippen LogP) is 3.95. The first-order valence-corrected chi connectivity index (χ1v) is 12.0. The molecular weight excluding hydrogens is 442 g/mol. The molecule has 0 bridgehead atoms. The van der Waals surface area contributed by atoms with Gasteiger partial charge in [0.15, 0.2) is 0 Å². The van der Waals surface area contributed by atoms with E-state index < -0.39 is 17.9 Å². The molecule has 182 valence electrons. The first-order chi connectivity index (χ1) is 16.8. The van der Waals surface area contributed by atoms with Gasteiger partial charge in [0, 0.05) is 30.4 Å². The van der Waals surface area contributed by atoms with E-state index in [2.05, 4.69) is 10.6 Å². The second-order valence-corrected chi connectivity index (χ2v) is 9.17. The first-order valence-electron chi connectivity index (χ1n) is 12.0. The number of nitrogens with one attached hydrogen (secondary N) is 2. The van der Waals surface area contributed by atoms with Crippen molar-refractivity contribution in [3.8, 4) is 0 Å². The molecule has 1 aliphatic rings. The molecule has 4 rings (SSSR count). The number of benzene rings is 3. The third-order valence-corrected chi connectivity index (χ3v) is 6.31. The fourth-order valence-corrected chi connectivity index (χ4v) is 4.48. The number of amides is 3. The third-order valence-electron chi connectivity index (χ3n) is 6.31. The van der Waals surface area contributed by atoms with Gasteiger partial charge in [-0.05, 0) is 53.3 Å². The van der Waals surface area contributed by atoms with Crippen LogP contribution >= 0.6 is 0 Å². The van der Waals surface area contributed by atoms with E-state index in [0.29, 0.717) is 12.2 Å². The molecule has 0 aliphatic carbocycles. The van der Waals surface area contributed by atoms with Crippen molar-refractivity contribution in [2.45, 2.75) is 39.2 Å². The van der Waals surface area contributed by atoms with Crippen molar-refractivity contribution in [1.82, 2.24) is 5.32 Å². The van der Waals surface area contributed by atoms with Gasteiger partial charge < -0.3 is 20.6 Å². The second kappa shape index (κ2) is 10.7. The number of carbonyl (C=O) groups is 3. The number of nitrogens with zero attached hydrogens (tertiary/aromatic N) is 1. The Balaban J connectivity index is 1.35. The van der Waals surface area contributed by atoms with Gasteiger partial charge in [-0.1, -0.05) is 62.4 Å². The molecule has 0 saturated heterocycles. The van der Waals surface area contributed by atoms with Crippen LogP contribution in [0.15, 0.2) is 60.7 Å².